The van der Waals surface area contributed by atoms with Crippen LogP contribution in [0.5, 0.6) is 0 Å². The lowest BCUT2D eigenvalue weighted by Crippen LogP contribution is -2.22. The van der Waals surface area contributed by atoms with Crippen molar-refractivity contribution in [1.82, 2.24) is 5.32 Å². The van der Waals surface area contributed by atoms with Crippen LogP contribution in [0.2, 0.25) is 0 Å². The first-order chi connectivity index (χ1) is 5.27. The van der Waals surface area contributed by atoms with Crippen molar-refractivity contribution in [3.63, 3.8) is 0 Å². The molecule has 0 atom stereocenters. The van der Waals surface area contributed by atoms with Gasteiger partial charge in [-0.15, -0.1) is 0 Å². The summed E-state index contributed by atoms with van der Waals surface area (Å²) in [6.45, 7) is 3.67. The van der Waals surface area contributed by atoms with E-state index in [2.05, 4.69) is 21.2 Å². The molecular weight excluding hydrogens is 210 g/mol. The molecular formula is C7H14BrNO2. The fourth-order valence-electron chi connectivity index (χ4n) is 0.595. The van der Waals surface area contributed by atoms with Crippen LogP contribution in [0.3, 0.4) is 0 Å². The number of nitrogens with one attached hydrogen (secondary N) is 1. The maximum atomic E-state index is 10.4. The Bertz CT molecular complexity index is 109. The lowest BCUT2D eigenvalue weighted by Gasteiger charge is -2.02. The van der Waals surface area contributed by atoms with E-state index in [1.54, 1.807) is 0 Å². The first-order valence-corrected chi connectivity index (χ1v) is 4.77. The van der Waals surface area contributed by atoms with E-state index >= 15 is 0 Å². The highest BCUT2D eigenvalue weighted by atomic mass is 79.9. The quantitative estimate of drug-likeness (QED) is 0.538. The Morgan fingerprint density at radius 3 is 2.82 bits per heavy atom. The first kappa shape index (κ1) is 10.9. The zero-order valence-electron chi connectivity index (χ0n) is 6.73. The second-order valence-corrected chi connectivity index (χ2v) is 2.93. The molecule has 0 bridgehead atoms. The van der Waals surface area contributed by atoms with Gasteiger partial charge < -0.3 is 10.1 Å². The van der Waals surface area contributed by atoms with Gasteiger partial charge in [-0.05, 0) is 6.42 Å². The van der Waals surface area contributed by atoms with Crippen LogP contribution >= 0.6 is 15.9 Å². The number of amides is 1. The Labute approximate surface area is 75.6 Å². The van der Waals surface area contributed by atoms with E-state index in [9.17, 15) is 4.79 Å². The van der Waals surface area contributed by atoms with Crippen LogP contribution in [0.15, 0.2) is 0 Å². The zero-order chi connectivity index (χ0) is 8.53. The lowest BCUT2D eigenvalue weighted by molar-refractivity contribution is -0.118. The minimum Gasteiger partial charge on any atom is -0.381 e. The van der Waals surface area contributed by atoms with Crippen molar-refractivity contribution in [3.8, 4) is 0 Å². The van der Waals surface area contributed by atoms with Crippen molar-refractivity contribution in [2.24, 2.45) is 0 Å². The molecule has 1 N–H and O–H groups in total. The summed E-state index contributed by atoms with van der Waals surface area (Å²) < 4.78 is 5.17. The number of rotatable bonds is 6. The second-order valence-electron chi connectivity index (χ2n) is 2.14. The molecule has 0 unspecified atom stereocenters. The molecule has 66 valence electrons. The topological polar surface area (TPSA) is 38.3 Å². The van der Waals surface area contributed by atoms with Crippen LogP contribution in [0.1, 0.15) is 13.3 Å². The van der Waals surface area contributed by atoms with Crippen molar-refractivity contribution in [2.45, 2.75) is 13.3 Å². The summed E-state index contributed by atoms with van der Waals surface area (Å²) in [7, 11) is 0. The van der Waals surface area contributed by atoms with Gasteiger partial charge in [-0.25, -0.2) is 0 Å². The first-order valence-electron chi connectivity index (χ1n) is 3.65. The highest BCUT2D eigenvalue weighted by Crippen LogP contribution is 1.84. The third kappa shape index (κ3) is 9.91. The minimum absolute atomic E-state index is 0.0190. The maximum absolute atomic E-state index is 10.4. The van der Waals surface area contributed by atoms with Crippen molar-refractivity contribution in [2.75, 3.05) is 25.1 Å². The zero-order valence-corrected chi connectivity index (χ0v) is 8.32. The Kier molecular flexibility index (Phi) is 7.95. The molecule has 11 heavy (non-hydrogen) atoms. The SMILES string of the molecule is CC(=O)NCCCOCCBr. The summed E-state index contributed by atoms with van der Waals surface area (Å²) in [5.74, 6) is 0.0190. The lowest BCUT2D eigenvalue weighted by atomic mass is 10.4. The van der Waals surface area contributed by atoms with Crippen molar-refractivity contribution in [1.29, 1.82) is 0 Å². The molecule has 0 aromatic carbocycles. The van der Waals surface area contributed by atoms with Gasteiger partial charge in [0.1, 0.15) is 0 Å². The fourth-order valence-corrected chi connectivity index (χ4v) is 0.824. The molecule has 0 rings (SSSR count). The maximum Gasteiger partial charge on any atom is 0.216 e. The average Bonchev–Trinajstić information content (AvgIpc) is 1.96. The number of ether oxygens (including phenoxy) is 1. The normalized spacial score (nSPS) is 9.64. The van der Waals surface area contributed by atoms with Crippen LogP contribution in [-0.2, 0) is 9.53 Å². The van der Waals surface area contributed by atoms with E-state index in [-0.39, 0.29) is 5.91 Å². The summed E-state index contributed by atoms with van der Waals surface area (Å²) >= 11 is 3.25. The number of halogens is 1. The Balaban J connectivity index is 2.85. The van der Waals surface area contributed by atoms with Gasteiger partial charge in [0, 0.05) is 25.4 Å². The van der Waals surface area contributed by atoms with E-state index in [1.165, 1.54) is 6.92 Å². The van der Waals surface area contributed by atoms with Crippen molar-refractivity contribution >= 4 is 21.8 Å². The Morgan fingerprint density at radius 2 is 2.27 bits per heavy atom. The largest absolute Gasteiger partial charge is 0.381 e. The van der Waals surface area contributed by atoms with E-state index in [0.717, 1.165) is 18.4 Å². The third-order valence-electron chi connectivity index (χ3n) is 1.06. The second kappa shape index (κ2) is 8.01. The number of alkyl halides is 1. The number of hydrogen-bond donors (Lipinski definition) is 1. The Hall–Kier alpha value is -0.0900. The highest BCUT2D eigenvalue weighted by Gasteiger charge is 1.90. The monoisotopic (exact) mass is 223 g/mol. The summed E-state index contributed by atoms with van der Waals surface area (Å²) in [6.07, 6.45) is 0.882. The molecule has 4 heteroatoms. The fraction of sp³-hybridized carbons (Fsp3) is 0.857. The molecule has 0 aromatic heterocycles. The molecule has 0 heterocycles. The smallest absolute Gasteiger partial charge is 0.216 e. The summed E-state index contributed by atoms with van der Waals surface area (Å²) in [5, 5.41) is 3.56. The van der Waals surface area contributed by atoms with Crippen LogP contribution in [0.25, 0.3) is 0 Å². The van der Waals surface area contributed by atoms with Gasteiger partial charge in [0.2, 0.25) is 5.91 Å². The minimum atomic E-state index is 0.0190. The molecule has 0 spiro atoms. The van der Waals surface area contributed by atoms with Gasteiger partial charge in [0.05, 0.1) is 6.61 Å². The molecule has 0 aromatic rings. The Morgan fingerprint density at radius 1 is 1.55 bits per heavy atom. The molecule has 0 radical (unpaired) electrons. The molecule has 0 fully saturated rings. The van der Waals surface area contributed by atoms with E-state index in [1.807, 2.05) is 0 Å². The van der Waals surface area contributed by atoms with Gasteiger partial charge in [0.25, 0.3) is 0 Å². The van der Waals surface area contributed by atoms with E-state index in [4.69, 9.17) is 4.74 Å². The van der Waals surface area contributed by atoms with Gasteiger partial charge in [0.15, 0.2) is 0 Å². The predicted molar refractivity (Wildman–Crippen MR) is 47.9 cm³/mol. The summed E-state index contributed by atoms with van der Waals surface area (Å²) in [5.41, 5.74) is 0. The van der Waals surface area contributed by atoms with Crippen LogP contribution in [-0.4, -0.2) is 31.0 Å². The van der Waals surface area contributed by atoms with Gasteiger partial charge >= 0.3 is 0 Å². The number of hydrogen-bond acceptors (Lipinski definition) is 2. The van der Waals surface area contributed by atoms with Gasteiger partial charge in [-0.2, -0.15) is 0 Å². The van der Waals surface area contributed by atoms with Crippen molar-refractivity contribution < 1.29 is 9.53 Å². The summed E-state index contributed by atoms with van der Waals surface area (Å²) in [4.78, 5) is 10.4. The third-order valence-corrected chi connectivity index (χ3v) is 1.38. The van der Waals surface area contributed by atoms with E-state index in [0.29, 0.717) is 13.2 Å². The van der Waals surface area contributed by atoms with E-state index < -0.39 is 0 Å². The molecule has 0 aliphatic rings. The number of carbonyl (C=O) groups excluding carboxylic acids is 1. The van der Waals surface area contributed by atoms with Crippen LogP contribution in [0.4, 0.5) is 0 Å². The van der Waals surface area contributed by atoms with Gasteiger partial charge in [-0.3, -0.25) is 4.79 Å². The molecule has 0 aliphatic heterocycles. The molecule has 3 nitrogen and oxygen atoms in total. The summed E-state index contributed by atoms with van der Waals surface area (Å²) in [6, 6.07) is 0. The molecule has 1 amide bonds. The number of carbonyl (C=O) groups is 1. The van der Waals surface area contributed by atoms with Crippen LogP contribution < -0.4 is 5.32 Å². The van der Waals surface area contributed by atoms with Crippen LogP contribution in [0, 0.1) is 0 Å². The molecule has 0 saturated carbocycles. The molecule has 0 aliphatic carbocycles. The highest BCUT2D eigenvalue weighted by molar-refractivity contribution is 9.09. The van der Waals surface area contributed by atoms with Crippen molar-refractivity contribution in [3.05, 3.63) is 0 Å². The predicted octanol–water partition coefficient (Wildman–Crippen LogP) is 0.924. The standard InChI is InChI=1S/C7H14BrNO2/c1-7(10)9-4-2-5-11-6-3-8/h2-6H2,1H3,(H,9,10). The average molecular weight is 224 g/mol. The van der Waals surface area contributed by atoms with Gasteiger partial charge in [-0.1, -0.05) is 15.9 Å². The molecule has 0 saturated heterocycles.